The van der Waals surface area contributed by atoms with Gasteiger partial charge in [-0.25, -0.2) is 9.07 Å². The van der Waals surface area contributed by atoms with E-state index in [1.807, 2.05) is 0 Å². The van der Waals surface area contributed by atoms with Crippen LogP contribution < -0.4 is 10.9 Å². The van der Waals surface area contributed by atoms with Crippen LogP contribution in [0.15, 0.2) is 51.8 Å². The van der Waals surface area contributed by atoms with E-state index in [2.05, 4.69) is 10.5 Å². The van der Waals surface area contributed by atoms with Crippen LogP contribution in [0.3, 0.4) is 0 Å². The molecule has 0 bridgehead atoms. The largest absolute Gasteiger partial charge is 0.354 e. The summed E-state index contributed by atoms with van der Waals surface area (Å²) in [4.78, 5) is 25.8. The van der Waals surface area contributed by atoms with Crippen LogP contribution in [0.5, 0.6) is 0 Å². The van der Waals surface area contributed by atoms with Crippen LogP contribution in [0.4, 0.5) is 10.1 Å². The van der Waals surface area contributed by atoms with Crippen molar-refractivity contribution in [2.24, 2.45) is 7.05 Å². The molecule has 0 spiro atoms. The van der Waals surface area contributed by atoms with Gasteiger partial charge in [-0.1, -0.05) is 52.1 Å². The summed E-state index contributed by atoms with van der Waals surface area (Å²) in [6, 6.07) is 10.5. The van der Waals surface area contributed by atoms with Gasteiger partial charge in [0.2, 0.25) is 0 Å². The number of hydrogen-bond donors (Lipinski definition) is 1. The first kappa shape index (κ1) is 22.1. The van der Waals surface area contributed by atoms with Crippen LogP contribution in [0.2, 0.25) is 15.1 Å². The number of carbonyl (C=O) groups is 1. The van der Waals surface area contributed by atoms with E-state index in [1.165, 1.54) is 28.9 Å². The number of rotatable bonds is 4. The summed E-state index contributed by atoms with van der Waals surface area (Å²) in [5, 5.41) is 6.81. The number of hydrogen-bond acceptors (Lipinski definition) is 4. The average Bonchev–Trinajstić information content (AvgIpc) is 3.22. The lowest BCUT2D eigenvalue weighted by Gasteiger charge is -2.08. The van der Waals surface area contributed by atoms with Gasteiger partial charge in [0.25, 0.3) is 11.5 Å². The molecule has 7 nitrogen and oxygen atoms in total. The molecule has 4 aromatic rings. The lowest BCUT2D eigenvalue weighted by molar-refractivity contribution is 0.101. The molecule has 0 radical (unpaired) electrons. The Hall–Kier alpha value is -3.07. The summed E-state index contributed by atoms with van der Waals surface area (Å²) in [5.41, 5.74) is -0.0805. The molecule has 1 N–H and O–H groups in total. The maximum atomic E-state index is 14.3. The van der Waals surface area contributed by atoms with E-state index < -0.39 is 17.3 Å². The second-order valence-electron chi connectivity index (χ2n) is 6.80. The summed E-state index contributed by atoms with van der Waals surface area (Å²) in [6.45, 7) is 1.61. The van der Waals surface area contributed by atoms with E-state index in [9.17, 15) is 14.0 Å². The predicted octanol–water partition coefficient (Wildman–Crippen LogP) is 5.49. The summed E-state index contributed by atoms with van der Waals surface area (Å²) in [6.07, 6.45) is 0. The minimum Gasteiger partial charge on any atom is -0.354 e. The van der Waals surface area contributed by atoms with Crippen molar-refractivity contribution < 1.29 is 13.7 Å². The Morgan fingerprint density at radius 2 is 1.88 bits per heavy atom. The Balaban J connectivity index is 1.71. The van der Waals surface area contributed by atoms with Crippen molar-refractivity contribution in [1.82, 2.24) is 14.5 Å². The molecule has 0 unspecified atom stereocenters. The average molecular weight is 496 g/mol. The van der Waals surface area contributed by atoms with E-state index in [1.54, 1.807) is 32.2 Å². The minimum atomic E-state index is -0.776. The fraction of sp³-hybridized carbons (Fsp3) is 0.0952. The lowest BCUT2D eigenvalue weighted by Crippen LogP contribution is -2.23. The molecule has 0 saturated heterocycles. The molecule has 0 fully saturated rings. The summed E-state index contributed by atoms with van der Waals surface area (Å²) < 4.78 is 22.0. The number of aromatic nitrogens is 3. The highest BCUT2D eigenvalue weighted by atomic mass is 35.5. The number of carbonyl (C=O) groups excluding carboxylic acids is 1. The first-order chi connectivity index (χ1) is 15.2. The summed E-state index contributed by atoms with van der Waals surface area (Å²) in [5.74, 6) is -1.29. The molecule has 0 aliphatic heterocycles. The van der Waals surface area contributed by atoms with Gasteiger partial charge in [0, 0.05) is 17.6 Å². The standard InChI is InChI=1S/C21H14Cl3FN4O3/c1-10-17(21(31)29(28(10)2)15-6-4-3-5-14(15)25)26-20(30)18-16(24)19(32-27-18)12-8-7-11(22)9-13(12)23/h3-9H,1-2H3,(H,26,30). The highest BCUT2D eigenvalue weighted by Gasteiger charge is 2.26. The van der Waals surface area contributed by atoms with E-state index in [4.69, 9.17) is 39.3 Å². The van der Waals surface area contributed by atoms with Gasteiger partial charge in [0.05, 0.1) is 10.7 Å². The number of nitrogens with one attached hydrogen (secondary N) is 1. The Morgan fingerprint density at radius 1 is 1.16 bits per heavy atom. The van der Waals surface area contributed by atoms with Gasteiger partial charge in [0.15, 0.2) is 11.5 Å². The van der Waals surface area contributed by atoms with Crippen molar-refractivity contribution in [2.75, 3.05) is 5.32 Å². The SMILES string of the molecule is Cc1c(NC(=O)c2noc(-c3ccc(Cl)cc3Cl)c2Cl)c(=O)n(-c2ccccc2F)n1C. The van der Waals surface area contributed by atoms with E-state index >= 15 is 0 Å². The van der Waals surface area contributed by atoms with E-state index in [0.717, 1.165) is 4.68 Å². The first-order valence-electron chi connectivity index (χ1n) is 9.16. The molecule has 4 rings (SSSR count). The number of halogens is 4. The van der Waals surface area contributed by atoms with Gasteiger partial charge in [0.1, 0.15) is 22.2 Å². The fourth-order valence-corrected chi connectivity index (χ4v) is 3.93. The number of nitrogens with zero attached hydrogens (tertiary/aromatic N) is 3. The Bertz CT molecular complexity index is 1420. The van der Waals surface area contributed by atoms with Gasteiger partial charge in [-0.2, -0.15) is 0 Å². The second-order valence-corrected chi connectivity index (χ2v) is 8.03. The molecule has 0 saturated carbocycles. The fourth-order valence-electron chi connectivity index (χ4n) is 3.18. The number of anilines is 1. The molecule has 0 atom stereocenters. The topological polar surface area (TPSA) is 82.1 Å². The van der Waals surface area contributed by atoms with Crippen molar-refractivity contribution >= 4 is 46.4 Å². The monoisotopic (exact) mass is 494 g/mol. The molecule has 164 valence electrons. The number of para-hydroxylation sites is 1. The van der Waals surface area contributed by atoms with E-state index in [-0.39, 0.29) is 32.9 Å². The summed E-state index contributed by atoms with van der Waals surface area (Å²) in [7, 11) is 1.57. The van der Waals surface area contributed by atoms with Crippen LogP contribution in [-0.2, 0) is 7.05 Å². The molecule has 32 heavy (non-hydrogen) atoms. The highest BCUT2D eigenvalue weighted by Crippen LogP contribution is 2.36. The zero-order chi connectivity index (χ0) is 23.2. The van der Waals surface area contributed by atoms with Crippen LogP contribution in [0.25, 0.3) is 17.0 Å². The smallest absolute Gasteiger partial charge is 0.295 e. The van der Waals surface area contributed by atoms with Crippen molar-refractivity contribution in [1.29, 1.82) is 0 Å². The molecular formula is C21H14Cl3FN4O3. The lowest BCUT2D eigenvalue weighted by atomic mass is 10.1. The molecule has 2 heterocycles. The van der Waals surface area contributed by atoms with Crippen LogP contribution >= 0.6 is 34.8 Å². The Kier molecular flexibility index (Phi) is 5.85. The maximum Gasteiger partial charge on any atom is 0.295 e. The Labute approximate surface area is 195 Å². The molecule has 2 aromatic carbocycles. The normalized spacial score (nSPS) is 11.1. The van der Waals surface area contributed by atoms with Gasteiger partial charge in [-0.15, -0.1) is 0 Å². The van der Waals surface area contributed by atoms with Crippen molar-refractivity contribution in [3.63, 3.8) is 0 Å². The second kappa shape index (κ2) is 8.46. The van der Waals surface area contributed by atoms with Crippen molar-refractivity contribution in [2.45, 2.75) is 6.92 Å². The third-order valence-corrected chi connectivity index (χ3v) is 5.80. The number of benzene rings is 2. The number of amides is 1. The molecule has 11 heteroatoms. The molecule has 1 amide bonds. The maximum absolute atomic E-state index is 14.3. The Morgan fingerprint density at radius 3 is 2.56 bits per heavy atom. The highest BCUT2D eigenvalue weighted by molar-refractivity contribution is 6.39. The van der Waals surface area contributed by atoms with Crippen LogP contribution in [0, 0.1) is 12.7 Å². The van der Waals surface area contributed by atoms with Crippen LogP contribution in [-0.4, -0.2) is 20.4 Å². The third-order valence-electron chi connectivity index (χ3n) is 4.90. The van der Waals surface area contributed by atoms with Crippen molar-refractivity contribution in [3.05, 3.63) is 85.1 Å². The zero-order valence-electron chi connectivity index (χ0n) is 16.6. The quantitative estimate of drug-likeness (QED) is 0.406. The van der Waals surface area contributed by atoms with Gasteiger partial charge in [-0.3, -0.25) is 14.3 Å². The van der Waals surface area contributed by atoms with Gasteiger partial charge >= 0.3 is 0 Å². The van der Waals surface area contributed by atoms with Crippen molar-refractivity contribution in [3.8, 4) is 17.0 Å². The molecule has 2 aromatic heterocycles. The van der Waals surface area contributed by atoms with Crippen LogP contribution in [0.1, 0.15) is 16.2 Å². The van der Waals surface area contributed by atoms with Gasteiger partial charge in [-0.05, 0) is 37.3 Å². The van der Waals surface area contributed by atoms with Gasteiger partial charge < -0.3 is 9.84 Å². The first-order valence-corrected chi connectivity index (χ1v) is 10.3. The minimum absolute atomic E-state index is 0.0442. The molecular weight excluding hydrogens is 482 g/mol. The molecule has 0 aliphatic carbocycles. The molecule has 0 aliphatic rings. The zero-order valence-corrected chi connectivity index (χ0v) is 18.9. The third kappa shape index (κ3) is 3.70. The summed E-state index contributed by atoms with van der Waals surface area (Å²) >= 11 is 18.4. The predicted molar refractivity (Wildman–Crippen MR) is 121 cm³/mol. The van der Waals surface area contributed by atoms with E-state index in [0.29, 0.717) is 16.3 Å².